The van der Waals surface area contributed by atoms with Crippen molar-refractivity contribution in [2.45, 2.75) is 19.4 Å². The van der Waals surface area contributed by atoms with E-state index >= 15 is 0 Å². The Hall–Kier alpha value is -2.12. The molecule has 0 radical (unpaired) electrons. The summed E-state index contributed by atoms with van der Waals surface area (Å²) in [6.45, 7) is 2.61. The van der Waals surface area contributed by atoms with E-state index in [0.29, 0.717) is 35.1 Å². The van der Waals surface area contributed by atoms with Crippen LogP contribution in [0.1, 0.15) is 23.7 Å². The number of rotatable bonds is 5. The van der Waals surface area contributed by atoms with Crippen LogP contribution < -0.4 is 10.2 Å². The number of hydrogen-bond donors (Lipinski definition) is 1. The van der Waals surface area contributed by atoms with Gasteiger partial charge in [-0.2, -0.15) is 0 Å². The molecule has 2 aromatic rings. The quantitative estimate of drug-likeness (QED) is 0.844. The Morgan fingerprint density at radius 1 is 1.31 bits per heavy atom. The molecule has 0 spiro atoms. The Bertz CT molecular complexity index is 900. The second-order valence-corrected chi connectivity index (χ2v) is 8.82. The third-order valence-corrected chi connectivity index (χ3v) is 6.50. The summed E-state index contributed by atoms with van der Waals surface area (Å²) in [5.41, 5.74) is 0.943. The summed E-state index contributed by atoms with van der Waals surface area (Å²) in [6, 6.07) is 10.4. The Morgan fingerprint density at radius 2 is 2.08 bits per heavy atom. The number of carbonyl (C=O) groups excluding carboxylic acids is 1. The van der Waals surface area contributed by atoms with Crippen molar-refractivity contribution in [3.8, 4) is 0 Å². The maximum Gasteiger partial charge on any atom is 0.257 e. The fourth-order valence-electron chi connectivity index (χ4n) is 3.08. The lowest BCUT2D eigenvalue weighted by Crippen LogP contribution is -2.36. The first kappa shape index (κ1) is 18.7. The number of benzene rings is 1. The van der Waals surface area contributed by atoms with Crippen molar-refractivity contribution in [3.05, 3.63) is 53.2 Å². The smallest absolute Gasteiger partial charge is 0.257 e. The van der Waals surface area contributed by atoms with Crippen LogP contribution in [0.15, 0.2) is 42.6 Å². The Labute approximate surface area is 158 Å². The third-order valence-electron chi connectivity index (χ3n) is 4.42. The van der Waals surface area contributed by atoms with Crippen molar-refractivity contribution in [3.63, 3.8) is 0 Å². The van der Waals surface area contributed by atoms with Crippen LogP contribution in [0.5, 0.6) is 0 Å². The lowest BCUT2D eigenvalue weighted by molar-refractivity contribution is 0.102. The van der Waals surface area contributed by atoms with Crippen LogP contribution in [-0.2, 0) is 9.84 Å². The van der Waals surface area contributed by atoms with E-state index in [1.54, 1.807) is 36.4 Å². The highest BCUT2D eigenvalue weighted by atomic mass is 35.5. The molecule has 26 heavy (non-hydrogen) atoms. The molecule has 1 amide bonds. The SMILES string of the molecule is CCN(c1ccc(C(=O)Nc2ccccc2Cl)cn1)C1CCS(=O)(=O)C1. The molecule has 1 atom stereocenters. The van der Waals surface area contributed by atoms with Crippen molar-refractivity contribution in [2.75, 3.05) is 28.3 Å². The molecule has 0 aliphatic carbocycles. The van der Waals surface area contributed by atoms with Crippen molar-refractivity contribution >= 4 is 38.9 Å². The standard InChI is InChI=1S/C18H20ClN3O3S/c1-2-22(14-9-10-26(24,25)12-14)17-8-7-13(11-20-17)18(23)21-16-6-4-3-5-15(16)19/h3-8,11,14H,2,9-10,12H2,1H3,(H,21,23). The Kier molecular flexibility index (Phi) is 5.48. The monoisotopic (exact) mass is 393 g/mol. The molecular weight excluding hydrogens is 374 g/mol. The van der Waals surface area contributed by atoms with Gasteiger partial charge in [0.2, 0.25) is 0 Å². The van der Waals surface area contributed by atoms with Crippen LogP contribution in [-0.4, -0.2) is 43.4 Å². The van der Waals surface area contributed by atoms with Crippen molar-refractivity contribution in [1.82, 2.24) is 4.98 Å². The van der Waals surface area contributed by atoms with Gasteiger partial charge in [0, 0.05) is 18.8 Å². The average Bonchev–Trinajstić information content (AvgIpc) is 2.98. The van der Waals surface area contributed by atoms with Gasteiger partial charge in [0.15, 0.2) is 9.84 Å². The molecule has 6 nitrogen and oxygen atoms in total. The molecule has 0 saturated carbocycles. The molecule has 1 unspecified atom stereocenters. The second-order valence-electron chi connectivity index (χ2n) is 6.18. The summed E-state index contributed by atoms with van der Waals surface area (Å²) in [5.74, 6) is 0.733. The minimum absolute atomic E-state index is 0.0692. The molecule has 1 aliphatic rings. The number of anilines is 2. The van der Waals surface area contributed by atoms with E-state index in [-0.39, 0.29) is 23.5 Å². The van der Waals surface area contributed by atoms with Gasteiger partial charge in [0.05, 0.1) is 27.8 Å². The number of pyridine rings is 1. The molecule has 1 fully saturated rings. The lowest BCUT2D eigenvalue weighted by atomic mass is 10.2. The van der Waals surface area contributed by atoms with Gasteiger partial charge >= 0.3 is 0 Å². The normalized spacial score (nSPS) is 18.5. The highest BCUT2D eigenvalue weighted by Gasteiger charge is 2.32. The fraction of sp³-hybridized carbons (Fsp3) is 0.333. The number of nitrogens with one attached hydrogen (secondary N) is 1. The van der Waals surface area contributed by atoms with Crippen LogP contribution in [0.4, 0.5) is 11.5 Å². The number of para-hydroxylation sites is 1. The van der Waals surface area contributed by atoms with E-state index in [1.165, 1.54) is 6.20 Å². The topological polar surface area (TPSA) is 79.4 Å². The number of halogens is 1. The lowest BCUT2D eigenvalue weighted by Gasteiger charge is -2.27. The predicted molar refractivity (Wildman–Crippen MR) is 104 cm³/mol. The Morgan fingerprint density at radius 3 is 2.65 bits per heavy atom. The summed E-state index contributed by atoms with van der Waals surface area (Å²) in [4.78, 5) is 18.7. The van der Waals surface area contributed by atoms with E-state index in [2.05, 4.69) is 10.3 Å². The molecule has 1 aromatic carbocycles. The summed E-state index contributed by atoms with van der Waals surface area (Å²) >= 11 is 6.05. The van der Waals surface area contributed by atoms with Crippen LogP contribution in [0.3, 0.4) is 0 Å². The van der Waals surface area contributed by atoms with Crippen LogP contribution >= 0.6 is 11.6 Å². The van der Waals surface area contributed by atoms with Gasteiger partial charge in [-0.25, -0.2) is 13.4 Å². The van der Waals surface area contributed by atoms with Gasteiger partial charge in [-0.3, -0.25) is 4.79 Å². The van der Waals surface area contributed by atoms with Gasteiger partial charge in [0.25, 0.3) is 5.91 Å². The third kappa shape index (κ3) is 4.16. The highest BCUT2D eigenvalue weighted by Crippen LogP contribution is 2.24. The number of aromatic nitrogens is 1. The maximum atomic E-state index is 12.4. The van der Waals surface area contributed by atoms with Gasteiger partial charge < -0.3 is 10.2 Å². The Balaban J connectivity index is 1.73. The van der Waals surface area contributed by atoms with Gasteiger partial charge in [-0.1, -0.05) is 23.7 Å². The van der Waals surface area contributed by atoms with E-state index in [0.717, 1.165) is 0 Å². The van der Waals surface area contributed by atoms with Crippen LogP contribution in [0.25, 0.3) is 0 Å². The molecule has 0 bridgehead atoms. The largest absolute Gasteiger partial charge is 0.353 e. The number of amides is 1. The molecule has 3 rings (SSSR count). The fourth-order valence-corrected chi connectivity index (χ4v) is 4.99. The first-order chi connectivity index (χ1) is 12.4. The molecule has 1 saturated heterocycles. The van der Waals surface area contributed by atoms with Gasteiger partial charge in [-0.05, 0) is 37.6 Å². The molecule has 2 heterocycles. The second kappa shape index (κ2) is 7.63. The van der Waals surface area contributed by atoms with E-state index in [4.69, 9.17) is 11.6 Å². The van der Waals surface area contributed by atoms with Crippen LogP contribution in [0, 0.1) is 0 Å². The van der Waals surface area contributed by atoms with Crippen molar-refractivity contribution < 1.29 is 13.2 Å². The summed E-state index contributed by atoms with van der Waals surface area (Å²) in [5, 5.41) is 3.21. The van der Waals surface area contributed by atoms with E-state index in [1.807, 2.05) is 11.8 Å². The van der Waals surface area contributed by atoms with Crippen molar-refractivity contribution in [2.24, 2.45) is 0 Å². The average molecular weight is 394 g/mol. The number of carbonyl (C=O) groups is 1. The predicted octanol–water partition coefficient (Wildman–Crippen LogP) is 3.00. The van der Waals surface area contributed by atoms with Gasteiger partial charge in [0.1, 0.15) is 5.82 Å². The zero-order chi connectivity index (χ0) is 18.7. The van der Waals surface area contributed by atoms with Gasteiger partial charge in [-0.15, -0.1) is 0 Å². The summed E-state index contributed by atoms with van der Waals surface area (Å²) in [6.07, 6.45) is 2.10. The van der Waals surface area contributed by atoms with Crippen molar-refractivity contribution in [1.29, 1.82) is 0 Å². The minimum atomic E-state index is -2.96. The van der Waals surface area contributed by atoms with E-state index < -0.39 is 9.84 Å². The maximum absolute atomic E-state index is 12.4. The first-order valence-electron chi connectivity index (χ1n) is 8.38. The van der Waals surface area contributed by atoms with E-state index in [9.17, 15) is 13.2 Å². The number of sulfone groups is 1. The molecule has 1 N–H and O–H groups in total. The first-order valence-corrected chi connectivity index (χ1v) is 10.6. The van der Waals surface area contributed by atoms with Crippen LogP contribution in [0.2, 0.25) is 5.02 Å². The molecule has 1 aliphatic heterocycles. The molecule has 1 aromatic heterocycles. The number of nitrogens with zero attached hydrogens (tertiary/aromatic N) is 2. The molecular formula is C18H20ClN3O3S. The highest BCUT2D eigenvalue weighted by molar-refractivity contribution is 7.91. The molecule has 8 heteroatoms. The summed E-state index contributed by atoms with van der Waals surface area (Å²) in [7, 11) is -2.96. The number of hydrogen-bond acceptors (Lipinski definition) is 5. The zero-order valence-corrected chi connectivity index (χ0v) is 15.9. The minimum Gasteiger partial charge on any atom is -0.353 e. The summed E-state index contributed by atoms with van der Waals surface area (Å²) < 4.78 is 23.5. The molecule has 138 valence electrons. The zero-order valence-electron chi connectivity index (χ0n) is 14.4.